The molecule has 0 spiro atoms. The Morgan fingerprint density at radius 2 is 1.95 bits per heavy atom. The predicted octanol–water partition coefficient (Wildman–Crippen LogP) is 4.11. The largest absolute Gasteiger partial charge is 0.504 e. The minimum Gasteiger partial charge on any atom is -0.504 e. The van der Waals surface area contributed by atoms with Gasteiger partial charge in [0.2, 0.25) is 0 Å². The van der Waals surface area contributed by atoms with Crippen LogP contribution in [0.4, 0.5) is 4.39 Å². The van der Waals surface area contributed by atoms with Crippen LogP contribution in [-0.4, -0.2) is 17.9 Å². The summed E-state index contributed by atoms with van der Waals surface area (Å²) in [4.78, 5) is 4.39. The number of benzene rings is 2. The molecular formula is C17H18FNO2. The average molecular weight is 287 g/mol. The highest BCUT2D eigenvalue weighted by atomic mass is 19.1. The maximum absolute atomic E-state index is 12.9. The van der Waals surface area contributed by atoms with Crippen LogP contribution in [0.15, 0.2) is 47.5 Å². The number of hydrogen-bond donors (Lipinski definition) is 1. The molecule has 0 saturated carbocycles. The summed E-state index contributed by atoms with van der Waals surface area (Å²) < 4.78 is 18.2. The molecule has 4 heteroatoms. The quantitative estimate of drug-likeness (QED) is 0.841. The highest BCUT2D eigenvalue weighted by molar-refractivity contribution is 5.84. The van der Waals surface area contributed by atoms with Crippen molar-refractivity contribution in [3.63, 3.8) is 0 Å². The molecule has 1 N–H and O–H groups in total. The molecule has 0 aliphatic heterocycles. The van der Waals surface area contributed by atoms with Crippen molar-refractivity contribution < 1.29 is 14.2 Å². The number of phenolic OH excluding ortho intramolecular Hbond substituents is 1. The minimum atomic E-state index is -0.267. The first-order valence-corrected chi connectivity index (χ1v) is 6.85. The third-order valence-corrected chi connectivity index (χ3v) is 3.12. The number of ether oxygens (including phenoxy) is 1. The van der Waals surface area contributed by atoms with E-state index in [0.717, 1.165) is 5.56 Å². The summed E-state index contributed by atoms with van der Waals surface area (Å²) in [5, 5.41) is 10.1. The van der Waals surface area contributed by atoms with Gasteiger partial charge in [0.15, 0.2) is 11.5 Å². The van der Waals surface area contributed by atoms with E-state index in [1.54, 1.807) is 36.5 Å². The lowest BCUT2D eigenvalue weighted by atomic mass is 10.1. The second-order valence-electron chi connectivity index (χ2n) is 4.63. The molecule has 0 fully saturated rings. The number of aromatic hydroxyl groups is 1. The molecule has 21 heavy (non-hydrogen) atoms. The first-order valence-electron chi connectivity index (χ1n) is 6.85. The van der Waals surface area contributed by atoms with Gasteiger partial charge in [-0.1, -0.05) is 18.2 Å². The molecule has 2 aromatic carbocycles. The lowest BCUT2D eigenvalue weighted by molar-refractivity contribution is 0.318. The van der Waals surface area contributed by atoms with Crippen LogP contribution in [0.25, 0.3) is 0 Å². The van der Waals surface area contributed by atoms with Gasteiger partial charge in [-0.15, -0.1) is 0 Å². The predicted molar refractivity (Wildman–Crippen MR) is 81.7 cm³/mol. The molecule has 0 saturated heterocycles. The first kappa shape index (κ1) is 15.0. The number of rotatable bonds is 5. The molecule has 0 heterocycles. The number of nitrogens with zero attached hydrogens (tertiary/aromatic N) is 1. The molecule has 110 valence electrons. The van der Waals surface area contributed by atoms with Crippen molar-refractivity contribution in [3.8, 4) is 11.5 Å². The highest BCUT2D eigenvalue weighted by Crippen LogP contribution is 2.29. The fourth-order valence-corrected chi connectivity index (χ4v) is 1.93. The molecule has 0 aliphatic rings. The van der Waals surface area contributed by atoms with E-state index in [9.17, 15) is 9.50 Å². The number of aliphatic imine (C=N–C) groups is 1. The van der Waals surface area contributed by atoms with E-state index in [2.05, 4.69) is 4.99 Å². The second-order valence-corrected chi connectivity index (χ2v) is 4.63. The maximum atomic E-state index is 12.9. The second kappa shape index (κ2) is 6.88. The molecule has 0 bridgehead atoms. The van der Waals surface area contributed by atoms with E-state index in [1.165, 1.54) is 12.1 Å². The van der Waals surface area contributed by atoms with Crippen molar-refractivity contribution in [1.29, 1.82) is 0 Å². The number of hydrogen-bond acceptors (Lipinski definition) is 3. The summed E-state index contributed by atoms with van der Waals surface area (Å²) in [6.07, 6.45) is 1.60. The average Bonchev–Trinajstić information content (AvgIpc) is 2.49. The zero-order valence-electron chi connectivity index (χ0n) is 12.1. The Balaban J connectivity index is 2.17. The summed E-state index contributed by atoms with van der Waals surface area (Å²) in [7, 11) is 0. The number of phenols is 1. The van der Waals surface area contributed by atoms with Crippen molar-refractivity contribution in [3.05, 3.63) is 59.4 Å². The van der Waals surface area contributed by atoms with Gasteiger partial charge < -0.3 is 9.84 Å². The van der Waals surface area contributed by atoms with Crippen LogP contribution < -0.4 is 4.74 Å². The van der Waals surface area contributed by atoms with Crippen LogP contribution in [0.5, 0.6) is 11.5 Å². The van der Waals surface area contributed by atoms with Crippen molar-refractivity contribution in [2.45, 2.75) is 19.9 Å². The fraction of sp³-hybridized carbons (Fsp3) is 0.235. The SMILES string of the molecule is CCOc1cccc(C=N[C@H](C)c2ccc(F)cc2)c1O. The Morgan fingerprint density at radius 1 is 1.24 bits per heavy atom. The van der Waals surface area contributed by atoms with Crippen LogP contribution in [0.1, 0.15) is 31.0 Å². The molecule has 0 unspecified atom stereocenters. The summed E-state index contributed by atoms with van der Waals surface area (Å²) in [6.45, 7) is 4.25. The smallest absolute Gasteiger partial charge is 0.166 e. The van der Waals surface area contributed by atoms with Gasteiger partial charge >= 0.3 is 0 Å². The van der Waals surface area contributed by atoms with Crippen molar-refractivity contribution in [2.75, 3.05) is 6.61 Å². The Kier molecular flexibility index (Phi) is 4.93. The van der Waals surface area contributed by atoms with Crippen LogP contribution >= 0.6 is 0 Å². The molecule has 2 rings (SSSR count). The van der Waals surface area contributed by atoms with E-state index >= 15 is 0 Å². The van der Waals surface area contributed by atoms with Crippen LogP contribution in [0.2, 0.25) is 0 Å². The molecule has 0 amide bonds. The number of para-hydroxylation sites is 1. The van der Waals surface area contributed by atoms with Crippen LogP contribution in [0.3, 0.4) is 0 Å². The van der Waals surface area contributed by atoms with Gasteiger partial charge in [0.05, 0.1) is 12.6 Å². The van der Waals surface area contributed by atoms with E-state index < -0.39 is 0 Å². The zero-order chi connectivity index (χ0) is 15.2. The van der Waals surface area contributed by atoms with Crippen LogP contribution in [-0.2, 0) is 0 Å². The van der Waals surface area contributed by atoms with Gasteiger partial charge in [-0.3, -0.25) is 4.99 Å². The van der Waals surface area contributed by atoms with Gasteiger partial charge in [-0.2, -0.15) is 0 Å². The lowest BCUT2D eigenvalue weighted by Crippen LogP contribution is -1.95. The van der Waals surface area contributed by atoms with Gasteiger partial charge in [0, 0.05) is 11.8 Å². The third-order valence-electron chi connectivity index (χ3n) is 3.12. The Bertz CT molecular complexity index is 623. The number of halogens is 1. The lowest BCUT2D eigenvalue weighted by Gasteiger charge is -2.09. The highest BCUT2D eigenvalue weighted by Gasteiger charge is 2.07. The van der Waals surface area contributed by atoms with Gasteiger partial charge in [-0.25, -0.2) is 4.39 Å². The topological polar surface area (TPSA) is 41.8 Å². The molecule has 0 radical (unpaired) electrons. The standard InChI is InChI=1S/C17H18FNO2/c1-3-21-16-6-4-5-14(17(16)20)11-19-12(2)13-7-9-15(18)10-8-13/h4-12,20H,3H2,1-2H3/t12-/m1/s1. The Morgan fingerprint density at radius 3 is 2.62 bits per heavy atom. The monoisotopic (exact) mass is 287 g/mol. The van der Waals surface area contributed by atoms with Gasteiger partial charge in [0.1, 0.15) is 5.82 Å². The Labute approximate surface area is 123 Å². The molecule has 2 aromatic rings. The molecule has 3 nitrogen and oxygen atoms in total. The molecule has 0 aliphatic carbocycles. The Hall–Kier alpha value is -2.36. The van der Waals surface area contributed by atoms with Crippen molar-refractivity contribution in [1.82, 2.24) is 0 Å². The van der Waals surface area contributed by atoms with Crippen LogP contribution in [0, 0.1) is 5.82 Å². The van der Waals surface area contributed by atoms with E-state index in [4.69, 9.17) is 4.74 Å². The molecule has 1 atom stereocenters. The fourth-order valence-electron chi connectivity index (χ4n) is 1.93. The normalized spacial score (nSPS) is 12.5. The maximum Gasteiger partial charge on any atom is 0.166 e. The molecule has 0 aromatic heterocycles. The van der Waals surface area contributed by atoms with E-state index in [-0.39, 0.29) is 17.6 Å². The first-order chi connectivity index (χ1) is 10.1. The summed E-state index contributed by atoms with van der Waals surface area (Å²) in [5.74, 6) is 0.252. The van der Waals surface area contributed by atoms with E-state index in [1.807, 2.05) is 13.8 Å². The summed E-state index contributed by atoms with van der Waals surface area (Å²) in [5.41, 5.74) is 1.50. The van der Waals surface area contributed by atoms with Crippen molar-refractivity contribution >= 4 is 6.21 Å². The van der Waals surface area contributed by atoms with Crippen molar-refractivity contribution in [2.24, 2.45) is 4.99 Å². The summed E-state index contributed by atoms with van der Waals surface area (Å²) in [6, 6.07) is 11.4. The minimum absolute atomic E-state index is 0.0782. The summed E-state index contributed by atoms with van der Waals surface area (Å²) >= 11 is 0. The third kappa shape index (κ3) is 3.81. The van der Waals surface area contributed by atoms with Gasteiger partial charge in [-0.05, 0) is 43.7 Å². The molecular weight excluding hydrogens is 269 g/mol. The van der Waals surface area contributed by atoms with Gasteiger partial charge in [0.25, 0.3) is 0 Å². The van der Waals surface area contributed by atoms with E-state index in [0.29, 0.717) is 17.9 Å². The zero-order valence-corrected chi connectivity index (χ0v) is 12.1.